The summed E-state index contributed by atoms with van der Waals surface area (Å²) in [6.07, 6.45) is 3.49. The van der Waals surface area contributed by atoms with Gasteiger partial charge in [0.2, 0.25) is 0 Å². The van der Waals surface area contributed by atoms with Crippen molar-refractivity contribution < 1.29 is 14.3 Å². The molecule has 31 heavy (non-hydrogen) atoms. The molecule has 2 aromatic rings. The number of rotatable bonds is 6. The second kappa shape index (κ2) is 9.15. The summed E-state index contributed by atoms with van der Waals surface area (Å²) < 4.78 is 10.6. The molecule has 3 rings (SSSR count). The predicted molar refractivity (Wildman–Crippen MR) is 123 cm³/mol. The van der Waals surface area contributed by atoms with Crippen LogP contribution in [-0.2, 0) is 4.79 Å². The lowest BCUT2D eigenvalue weighted by atomic mass is 9.87. The molecule has 0 spiro atoms. The Morgan fingerprint density at radius 1 is 1.35 bits per heavy atom. The molecular weight excluding hydrogens is 414 g/mol. The van der Waals surface area contributed by atoms with Crippen LogP contribution in [0.5, 0.6) is 11.5 Å². The highest BCUT2D eigenvalue weighted by Gasteiger charge is 2.40. The highest BCUT2D eigenvalue weighted by atomic mass is 32.1. The minimum atomic E-state index is -0.314. The van der Waals surface area contributed by atoms with Crippen LogP contribution in [0.4, 0.5) is 5.69 Å². The van der Waals surface area contributed by atoms with Gasteiger partial charge in [-0.2, -0.15) is 0 Å². The summed E-state index contributed by atoms with van der Waals surface area (Å²) in [7, 11) is 3.13. The summed E-state index contributed by atoms with van der Waals surface area (Å²) >= 11 is 1.66. The van der Waals surface area contributed by atoms with Crippen molar-refractivity contribution in [2.24, 2.45) is 5.84 Å². The second-order valence-electron chi connectivity index (χ2n) is 7.96. The third-order valence-corrected chi connectivity index (χ3v) is 6.81. The van der Waals surface area contributed by atoms with Gasteiger partial charge in [0.15, 0.2) is 0 Å². The van der Waals surface area contributed by atoms with Gasteiger partial charge in [-0.25, -0.2) is 10.8 Å². The molecule has 9 heteroatoms. The van der Waals surface area contributed by atoms with Crippen molar-refractivity contribution in [3.63, 3.8) is 0 Å². The van der Waals surface area contributed by atoms with Crippen molar-refractivity contribution in [2.45, 2.75) is 52.1 Å². The molecule has 1 fully saturated rings. The number of hydrogen-bond acceptors (Lipinski definition) is 8. The van der Waals surface area contributed by atoms with Crippen LogP contribution in [-0.4, -0.2) is 35.7 Å². The first-order valence-electron chi connectivity index (χ1n) is 10.2. The van der Waals surface area contributed by atoms with Crippen molar-refractivity contribution >= 4 is 22.9 Å². The maximum absolute atomic E-state index is 13.1. The van der Waals surface area contributed by atoms with Crippen LogP contribution in [0.1, 0.15) is 49.5 Å². The number of methoxy groups -OCH3 is 2. The van der Waals surface area contributed by atoms with E-state index in [1.807, 2.05) is 13.1 Å². The van der Waals surface area contributed by atoms with E-state index in [0.717, 1.165) is 22.7 Å². The molecule has 0 saturated carbocycles. The number of aryl methyl sites for hydroxylation is 1. The summed E-state index contributed by atoms with van der Waals surface area (Å²) in [6.45, 7) is 8.01. The Labute approximate surface area is 187 Å². The molecule has 1 aromatic carbocycles. The zero-order valence-corrected chi connectivity index (χ0v) is 19.7. The number of thiazole rings is 1. The molecule has 8 nitrogen and oxygen atoms in total. The molecule has 1 aliphatic rings. The third kappa shape index (κ3) is 4.77. The number of nitrogens with two attached hydrogens (primary N) is 1. The zero-order chi connectivity index (χ0) is 22.8. The van der Waals surface area contributed by atoms with E-state index < -0.39 is 0 Å². The molecule has 2 heterocycles. The summed E-state index contributed by atoms with van der Waals surface area (Å²) in [5, 5.41) is 9.05. The molecular formula is C22H31N5O3S. The highest BCUT2D eigenvalue weighted by Crippen LogP contribution is 2.38. The normalized spacial score (nSPS) is 22.5. The van der Waals surface area contributed by atoms with Gasteiger partial charge in [-0.15, -0.1) is 11.3 Å². The van der Waals surface area contributed by atoms with Crippen LogP contribution in [0.15, 0.2) is 35.8 Å². The van der Waals surface area contributed by atoms with Crippen molar-refractivity contribution in [1.29, 1.82) is 0 Å². The fraction of sp³-hybridized carbons (Fsp3) is 0.455. The maximum Gasteiger partial charge on any atom is 0.254 e. The zero-order valence-electron chi connectivity index (χ0n) is 18.9. The van der Waals surface area contributed by atoms with Gasteiger partial charge in [0.25, 0.3) is 5.91 Å². The minimum Gasteiger partial charge on any atom is -0.497 e. The molecule has 1 amide bonds. The van der Waals surface area contributed by atoms with E-state index in [2.05, 4.69) is 29.5 Å². The Kier molecular flexibility index (Phi) is 6.76. The summed E-state index contributed by atoms with van der Waals surface area (Å²) in [5.74, 6) is 8.03. The smallest absolute Gasteiger partial charge is 0.254 e. The Balaban J connectivity index is 1.92. The number of carbonyl (C=O) groups excluding carboxylic acids is 1. The molecule has 1 saturated heterocycles. The Morgan fingerprint density at radius 2 is 2.00 bits per heavy atom. The molecule has 2 unspecified atom stereocenters. The van der Waals surface area contributed by atoms with E-state index in [1.165, 1.54) is 0 Å². The first-order chi connectivity index (χ1) is 14.7. The maximum atomic E-state index is 13.1. The number of hydrazine groups is 1. The fourth-order valence-corrected chi connectivity index (χ4v) is 4.42. The molecule has 0 radical (unpaired) electrons. The molecule has 0 bridgehead atoms. The number of anilines is 1. The number of carbonyl (C=O) groups is 1. The van der Waals surface area contributed by atoms with Crippen LogP contribution in [0.2, 0.25) is 0 Å². The van der Waals surface area contributed by atoms with Crippen LogP contribution in [0.25, 0.3) is 0 Å². The van der Waals surface area contributed by atoms with E-state index in [-0.39, 0.29) is 17.5 Å². The minimum absolute atomic E-state index is 0.0156. The number of aromatic nitrogens is 1. The van der Waals surface area contributed by atoms with Crippen LogP contribution >= 0.6 is 11.3 Å². The summed E-state index contributed by atoms with van der Waals surface area (Å²) in [6, 6.07) is 5.21. The van der Waals surface area contributed by atoms with Crippen molar-refractivity contribution in [3.8, 4) is 11.5 Å². The van der Waals surface area contributed by atoms with E-state index in [0.29, 0.717) is 28.6 Å². The lowest BCUT2D eigenvalue weighted by Gasteiger charge is -2.48. The standard InChI is InChI=1S/C22H31N5O3S/c1-7-22(4)11-18(21-24-12-13(2)31-21)26-19(27(22)23)14(3)20(28)25-15-8-16(29-5)10-17(9-15)30-6/h8-10,12,18,26H,7,11,23H2,1-6H3,(H,25,28)/b19-14+. The number of benzene rings is 1. The summed E-state index contributed by atoms with van der Waals surface area (Å²) in [5.41, 5.74) is 0.749. The van der Waals surface area contributed by atoms with Crippen molar-refractivity contribution in [1.82, 2.24) is 15.3 Å². The second-order valence-corrected chi connectivity index (χ2v) is 9.23. The quantitative estimate of drug-likeness (QED) is 0.460. The van der Waals surface area contributed by atoms with Crippen LogP contribution in [0, 0.1) is 6.92 Å². The molecule has 4 N–H and O–H groups in total. The van der Waals surface area contributed by atoms with Gasteiger partial charge in [-0.3, -0.25) is 9.80 Å². The number of ether oxygens (including phenoxy) is 2. The molecule has 1 aromatic heterocycles. The fourth-order valence-electron chi connectivity index (χ4n) is 3.59. The Morgan fingerprint density at radius 3 is 2.52 bits per heavy atom. The monoisotopic (exact) mass is 445 g/mol. The average Bonchev–Trinajstić information content (AvgIpc) is 3.21. The number of nitrogens with zero attached hydrogens (tertiary/aromatic N) is 2. The summed E-state index contributed by atoms with van der Waals surface area (Å²) in [4.78, 5) is 18.8. The highest BCUT2D eigenvalue weighted by molar-refractivity contribution is 7.11. The Hall–Kier alpha value is -2.78. The lowest BCUT2D eigenvalue weighted by Crippen LogP contribution is -2.59. The van der Waals surface area contributed by atoms with E-state index in [9.17, 15) is 4.79 Å². The van der Waals surface area contributed by atoms with Crippen molar-refractivity contribution in [2.75, 3.05) is 19.5 Å². The van der Waals surface area contributed by atoms with Gasteiger partial charge < -0.3 is 20.1 Å². The van der Waals surface area contributed by atoms with E-state index in [1.54, 1.807) is 55.7 Å². The Bertz CT molecular complexity index is 967. The van der Waals surface area contributed by atoms with Gasteiger partial charge in [0, 0.05) is 35.0 Å². The first-order valence-corrected chi connectivity index (χ1v) is 11.0. The molecule has 168 valence electrons. The third-order valence-electron chi connectivity index (χ3n) is 5.78. The number of hydrogen-bond donors (Lipinski definition) is 3. The van der Waals surface area contributed by atoms with Gasteiger partial charge in [0.05, 0.1) is 31.4 Å². The van der Waals surface area contributed by atoms with E-state index >= 15 is 0 Å². The van der Waals surface area contributed by atoms with Crippen LogP contribution in [0.3, 0.4) is 0 Å². The lowest BCUT2D eigenvalue weighted by molar-refractivity contribution is -0.113. The molecule has 1 aliphatic heterocycles. The predicted octanol–water partition coefficient (Wildman–Crippen LogP) is 3.72. The number of nitrogens with one attached hydrogen (secondary N) is 2. The largest absolute Gasteiger partial charge is 0.497 e. The van der Waals surface area contributed by atoms with Gasteiger partial charge in [-0.05, 0) is 33.6 Å². The SMILES string of the molecule is CCC1(C)CC(c2ncc(C)s2)N/C(=C(/C)C(=O)Nc2cc(OC)cc(OC)c2)N1N. The first kappa shape index (κ1) is 22.9. The van der Waals surface area contributed by atoms with Crippen molar-refractivity contribution in [3.05, 3.63) is 45.7 Å². The number of amides is 1. The van der Waals surface area contributed by atoms with Gasteiger partial charge in [0.1, 0.15) is 22.3 Å². The van der Waals surface area contributed by atoms with Gasteiger partial charge >= 0.3 is 0 Å². The average molecular weight is 446 g/mol. The van der Waals surface area contributed by atoms with Gasteiger partial charge in [-0.1, -0.05) is 6.92 Å². The molecule has 2 atom stereocenters. The topological polar surface area (TPSA) is 102 Å². The molecule has 0 aliphatic carbocycles. The van der Waals surface area contributed by atoms with E-state index in [4.69, 9.17) is 15.3 Å². The van der Waals surface area contributed by atoms with Crippen LogP contribution < -0.4 is 25.9 Å².